The third kappa shape index (κ3) is 2.83. The predicted octanol–water partition coefficient (Wildman–Crippen LogP) is 3.10. The summed E-state index contributed by atoms with van der Waals surface area (Å²) in [6.45, 7) is 3.74. The zero-order valence-electron chi connectivity index (χ0n) is 12.7. The van der Waals surface area contributed by atoms with Crippen molar-refractivity contribution >= 4 is 5.78 Å². The van der Waals surface area contributed by atoms with E-state index in [0.29, 0.717) is 24.1 Å². The Labute approximate surface area is 125 Å². The van der Waals surface area contributed by atoms with E-state index in [1.807, 2.05) is 19.9 Å². The quantitative estimate of drug-likeness (QED) is 0.851. The molecule has 3 rings (SSSR count). The van der Waals surface area contributed by atoms with Gasteiger partial charge < -0.3 is 0 Å². The number of aromatic nitrogens is 2. The lowest BCUT2D eigenvalue weighted by atomic mass is 9.83. The fourth-order valence-corrected chi connectivity index (χ4v) is 4.16. The number of carbonyl (C=O) groups excluding carboxylic acids is 1. The van der Waals surface area contributed by atoms with Crippen LogP contribution in [-0.2, 0) is 4.79 Å². The molecule has 2 fully saturated rings. The van der Waals surface area contributed by atoms with Gasteiger partial charge in [-0.25, -0.2) is 9.97 Å². The summed E-state index contributed by atoms with van der Waals surface area (Å²) in [5.41, 5.74) is 1.62. The largest absolute Gasteiger partial charge is 0.298 e. The monoisotopic (exact) mass is 283 g/mol. The molecule has 4 atom stereocenters. The van der Waals surface area contributed by atoms with E-state index in [2.05, 4.69) is 16.0 Å². The molecule has 0 N–H and O–H groups in total. The lowest BCUT2D eigenvalue weighted by molar-refractivity contribution is -0.120. The third-order valence-electron chi connectivity index (χ3n) is 5.06. The number of Topliss-reactive ketones (excluding diaryl/α,β-unsaturated/α-hetero) is 1. The number of hydrogen-bond acceptors (Lipinski definition) is 4. The van der Waals surface area contributed by atoms with Gasteiger partial charge in [0.05, 0.1) is 6.07 Å². The Balaban J connectivity index is 1.74. The van der Waals surface area contributed by atoms with Crippen LogP contribution in [0.3, 0.4) is 0 Å². The molecule has 1 heterocycles. The number of fused-ring (bicyclic) bond motifs is 2. The molecular formula is C17H21N3O. The highest BCUT2D eigenvalue weighted by Gasteiger charge is 2.41. The molecule has 2 bridgehead atoms. The minimum atomic E-state index is -0.803. The number of carbonyl (C=O) groups is 1. The predicted molar refractivity (Wildman–Crippen MR) is 78.4 cm³/mol. The lowest BCUT2D eigenvalue weighted by Gasteiger charge is -2.21. The van der Waals surface area contributed by atoms with Crippen molar-refractivity contribution in [1.29, 1.82) is 5.26 Å². The fourth-order valence-electron chi connectivity index (χ4n) is 4.16. The second-order valence-corrected chi connectivity index (χ2v) is 6.68. The van der Waals surface area contributed by atoms with Crippen LogP contribution in [0.2, 0.25) is 0 Å². The summed E-state index contributed by atoms with van der Waals surface area (Å²) in [5.74, 6) is 1.59. The Hall–Kier alpha value is -1.76. The maximum atomic E-state index is 12.5. The van der Waals surface area contributed by atoms with Gasteiger partial charge in [-0.15, -0.1) is 0 Å². The Bertz CT molecular complexity index is 584. The molecule has 0 aliphatic heterocycles. The van der Waals surface area contributed by atoms with E-state index >= 15 is 0 Å². The van der Waals surface area contributed by atoms with Gasteiger partial charge in [0.1, 0.15) is 0 Å². The number of nitriles is 1. The van der Waals surface area contributed by atoms with Crippen molar-refractivity contribution in [1.82, 2.24) is 9.97 Å². The van der Waals surface area contributed by atoms with Crippen molar-refractivity contribution < 1.29 is 4.79 Å². The molecule has 2 aliphatic rings. The van der Waals surface area contributed by atoms with Crippen LogP contribution in [0.15, 0.2) is 6.07 Å². The first-order valence-electron chi connectivity index (χ1n) is 7.81. The van der Waals surface area contributed by atoms with Gasteiger partial charge in [0.25, 0.3) is 0 Å². The van der Waals surface area contributed by atoms with E-state index in [-0.39, 0.29) is 5.78 Å². The summed E-state index contributed by atoms with van der Waals surface area (Å²) in [6.07, 6.45) is 5.57. The number of aryl methyl sites for hydroxylation is 2. The molecule has 0 amide bonds. The fraction of sp³-hybridized carbons (Fsp3) is 0.647. The Morgan fingerprint density at radius 2 is 2.05 bits per heavy atom. The Kier molecular flexibility index (Phi) is 3.75. The van der Waals surface area contributed by atoms with Crippen molar-refractivity contribution in [2.24, 2.45) is 17.8 Å². The minimum absolute atomic E-state index is 0.0000463. The number of hydrogen-bond donors (Lipinski definition) is 0. The smallest absolute Gasteiger partial charge is 0.164 e. The Morgan fingerprint density at radius 1 is 1.33 bits per heavy atom. The molecule has 4 nitrogen and oxygen atoms in total. The van der Waals surface area contributed by atoms with Crippen LogP contribution < -0.4 is 0 Å². The summed E-state index contributed by atoms with van der Waals surface area (Å²) in [4.78, 5) is 21.1. The molecule has 1 aromatic rings. The second-order valence-electron chi connectivity index (χ2n) is 6.68. The van der Waals surface area contributed by atoms with Crippen LogP contribution >= 0.6 is 0 Å². The summed E-state index contributed by atoms with van der Waals surface area (Å²) in [6, 6.07) is 3.98. The first-order chi connectivity index (χ1) is 10.1. The molecule has 4 heteroatoms. The van der Waals surface area contributed by atoms with Crippen LogP contribution in [-0.4, -0.2) is 15.8 Å². The first-order valence-corrected chi connectivity index (χ1v) is 7.81. The van der Waals surface area contributed by atoms with E-state index in [9.17, 15) is 10.1 Å². The summed E-state index contributed by atoms with van der Waals surface area (Å²) < 4.78 is 0. The van der Waals surface area contributed by atoms with E-state index in [0.717, 1.165) is 17.3 Å². The summed E-state index contributed by atoms with van der Waals surface area (Å²) in [7, 11) is 0. The van der Waals surface area contributed by atoms with Gasteiger partial charge in [-0.05, 0) is 56.9 Å². The molecule has 0 aromatic carbocycles. The van der Waals surface area contributed by atoms with Gasteiger partial charge in [-0.1, -0.05) is 6.42 Å². The van der Waals surface area contributed by atoms with Gasteiger partial charge in [0.15, 0.2) is 17.5 Å². The van der Waals surface area contributed by atoms with Gasteiger partial charge >= 0.3 is 0 Å². The zero-order valence-corrected chi connectivity index (χ0v) is 12.7. The number of nitrogens with zero attached hydrogens (tertiary/aromatic N) is 3. The number of rotatable bonds is 4. The molecule has 1 aromatic heterocycles. The topological polar surface area (TPSA) is 66.6 Å². The molecule has 2 aliphatic carbocycles. The van der Waals surface area contributed by atoms with Crippen molar-refractivity contribution in [3.63, 3.8) is 0 Å². The molecule has 2 saturated carbocycles. The molecule has 110 valence electrons. The SMILES string of the molecule is Cc1cc(C)nc(C(C#N)C(=O)CC2CC3CCC2C3)n1. The highest BCUT2D eigenvalue weighted by atomic mass is 16.1. The molecule has 0 spiro atoms. The molecule has 0 saturated heterocycles. The average Bonchev–Trinajstić information content (AvgIpc) is 3.00. The van der Waals surface area contributed by atoms with Crippen molar-refractivity contribution in [2.45, 2.75) is 51.9 Å². The number of ketones is 1. The lowest BCUT2D eigenvalue weighted by Crippen LogP contribution is -2.21. The van der Waals surface area contributed by atoms with E-state index in [4.69, 9.17) is 0 Å². The van der Waals surface area contributed by atoms with Crippen molar-refractivity contribution in [3.8, 4) is 6.07 Å². The van der Waals surface area contributed by atoms with Crippen LogP contribution in [0.5, 0.6) is 0 Å². The maximum Gasteiger partial charge on any atom is 0.164 e. The zero-order chi connectivity index (χ0) is 15.0. The van der Waals surface area contributed by atoms with Gasteiger partial charge in [0.2, 0.25) is 0 Å². The average molecular weight is 283 g/mol. The maximum absolute atomic E-state index is 12.5. The highest BCUT2D eigenvalue weighted by molar-refractivity contribution is 5.87. The molecule has 21 heavy (non-hydrogen) atoms. The van der Waals surface area contributed by atoms with Crippen molar-refractivity contribution in [3.05, 3.63) is 23.3 Å². The normalized spacial score (nSPS) is 28.3. The van der Waals surface area contributed by atoms with Gasteiger partial charge in [-0.2, -0.15) is 5.26 Å². The van der Waals surface area contributed by atoms with E-state index in [1.54, 1.807) is 0 Å². The third-order valence-corrected chi connectivity index (χ3v) is 5.06. The van der Waals surface area contributed by atoms with Crippen molar-refractivity contribution in [2.75, 3.05) is 0 Å². The molecular weight excluding hydrogens is 262 g/mol. The highest BCUT2D eigenvalue weighted by Crippen LogP contribution is 2.49. The van der Waals surface area contributed by atoms with Gasteiger partial charge in [-0.3, -0.25) is 4.79 Å². The minimum Gasteiger partial charge on any atom is -0.298 e. The van der Waals surface area contributed by atoms with Crippen LogP contribution in [0, 0.1) is 42.9 Å². The van der Waals surface area contributed by atoms with Gasteiger partial charge in [0, 0.05) is 17.8 Å². The molecule has 4 unspecified atom stereocenters. The molecule has 0 radical (unpaired) electrons. The second kappa shape index (κ2) is 5.55. The first kappa shape index (κ1) is 14.2. The standard InChI is InChI=1S/C17H21N3O/c1-10-5-11(2)20-17(19-10)15(9-18)16(21)8-14-7-12-3-4-13(14)6-12/h5,12-15H,3-4,6-8H2,1-2H3. The van der Waals surface area contributed by atoms with E-state index in [1.165, 1.54) is 25.7 Å². The Morgan fingerprint density at radius 3 is 2.57 bits per heavy atom. The van der Waals surface area contributed by atoms with Crippen LogP contribution in [0.4, 0.5) is 0 Å². The summed E-state index contributed by atoms with van der Waals surface area (Å²) >= 11 is 0. The van der Waals surface area contributed by atoms with E-state index < -0.39 is 5.92 Å². The summed E-state index contributed by atoms with van der Waals surface area (Å²) in [5, 5.41) is 9.39. The van der Waals surface area contributed by atoms with Crippen LogP contribution in [0.25, 0.3) is 0 Å². The van der Waals surface area contributed by atoms with Crippen LogP contribution in [0.1, 0.15) is 55.2 Å².